The molecule has 0 spiro atoms. The molecular weight excluding hydrogens is 339 g/mol. The Kier molecular flexibility index (Phi) is 4.43. The summed E-state index contributed by atoms with van der Waals surface area (Å²) < 4.78 is 41.1. The van der Waals surface area contributed by atoms with Gasteiger partial charge in [0.15, 0.2) is 0 Å². The molecule has 2 aromatic carbocycles. The van der Waals surface area contributed by atoms with Crippen LogP contribution in [0.4, 0.5) is 4.39 Å². The fourth-order valence-electron chi connectivity index (χ4n) is 2.89. The molecule has 0 atom stereocenters. The highest BCUT2D eigenvalue weighted by Crippen LogP contribution is 2.30. The van der Waals surface area contributed by atoms with Gasteiger partial charge in [-0.1, -0.05) is 26.0 Å². The van der Waals surface area contributed by atoms with Crippen molar-refractivity contribution >= 4 is 20.9 Å². The Hall–Kier alpha value is -2.18. The topological polar surface area (TPSA) is 62.0 Å². The van der Waals surface area contributed by atoms with Crippen molar-refractivity contribution in [2.24, 2.45) is 0 Å². The maximum atomic E-state index is 13.4. The first-order valence-corrected chi connectivity index (χ1v) is 9.51. The van der Waals surface area contributed by atoms with Crippen LogP contribution in [-0.2, 0) is 15.4 Å². The lowest BCUT2D eigenvalue weighted by Crippen LogP contribution is -2.36. The van der Waals surface area contributed by atoms with Crippen molar-refractivity contribution in [2.75, 3.05) is 6.54 Å². The van der Waals surface area contributed by atoms with Crippen LogP contribution in [-0.4, -0.2) is 19.9 Å². The molecule has 1 heterocycles. The van der Waals surface area contributed by atoms with Crippen molar-refractivity contribution in [3.05, 3.63) is 65.6 Å². The van der Waals surface area contributed by atoms with Crippen LogP contribution in [0.3, 0.4) is 0 Å². The van der Waals surface area contributed by atoms with E-state index in [2.05, 4.69) is 9.71 Å². The zero-order chi connectivity index (χ0) is 18.2. The van der Waals surface area contributed by atoms with Crippen molar-refractivity contribution in [1.29, 1.82) is 0 Å². The van der Waals surface area contributed by atoms with Gasteiger partial charge in [0, 0.05) is 29.1 Å². The monoisotopic (exact) mass is 360 g/mol. The summed E-state index contributed by atoms with van der Waals surface area (Å²) in [5.74, 6) is -0.307. The van der Waals surface area contributed by atoms with Gasteiger partial charge in [0.1, 0.15) is 5.82 Å². The number of aromatic nitrogens is 1. The van der Waals surface area contributed by atoms with Gasteiger partial charge in [-0.3, -0.25) is 0 Å². The quantitative estimate of drug-likeness (QED) is 0.725. The van der Waals surface area contributed by atoms with Crippen LogP contribution < -0.4 is 4.72 Å². The standard InChI is InChI=1S/C19H21FN2O2S/c1-13-5-4-6-15(9-13)25(23,24)22-12-19(2,3)17-11-21-18-10-14(20)7-8-16(17)18/h4-11,21-22H,12H2,1-3H3. The summed E-state index contributed by atoms with van der Waals surface area (Å²) >= 11 is 0. The minimum atomic E-state index is -3.59. The lowest BCUT2D eigenvalue weighted by molar-refractivity contribution is 0.504. The molecule has 0 amide bonds. The van der Waals surface area contributed by atoms with Crippen molar-refractivity contribution in [2.45, 2.75) is 31.1 Å². The highest BCUT2D eigenvalue weighted by atomic mass is 32.2. The SMILES string of the molecule is Cc1cccc(S(=O)(=O)NCC(C)(C)c2c[nH]c3cc(F)ccc23)c1. The third-order valence-electron chi connectivity index (χ3n) is 4.38. The van der Waals surface area contributed by atoms with Crippen LogP contribution >= 0.6 is 0 Å². The van der Waals surface area contributed by atoms with E-state index in [0.29, 0.717) is 5.52 Å². The van der Waals surface area contributed by atoms with E-state index in [-0.39, 0.29) is 17.3 Å². The molecule has 0 aliphatic carbocycles. The molecule has 0 unspecified atom stereocenters. The number of fused-ring (bicyclic) bond motifs is 1. The zero-order valence-corrected chi connectivity index (χ0v) is 15.2. The molecule has 6 heteroatoms. The number of halogens is 1. The van der Waals surface area contributed by atoms with Gasteiger partial charge < -0.3 is 4.98 Å². The highest BCUT2D eigenvalue weighted by molar-refractivity contribution is 7.89. The van der Waals surface area contributed by atoms with Crippen LogP contribution in [0.5, 0.6) is 0 Å². The third kappa shape index (κ3) is 3.60. The molecule has 0 radical (unpaired) electrons. The first kappa shape index (κ1) is 17.6. The molecule has 4 nitrogen and oxygen atoms in total. The van der Waals surface area contributed by atoms with Crippen LogP contribution in [0.25, 0.3) is 10.9 Å². The lowest BCUT2D eigenvalue weighted by atomic mass is 9.85. The summed E-state index contributed by atoms with van der Waals surface area (Å²) in [4.78, 5) is 3.31. The minimum Gasteiger partial charge on any atom is -0.361 e. The average Bonchev–Trinajstić information content (AvgIpc) is 2.97. The molecule has 0 saturated carbocycles. The highest BCUT2D eigenvalue weighted by Gasteiger charge is 2.27. The average molecular weight is 360 g/mol. The maximum absolute atomic E-state index is 13.4. The van der Waals surface area contributed by atoms with E-state index in [4.69, 9.17) is 0 Å². The van der Waals surface area contributed by atoms with Gasteiger partial charge in [-0.05, 0) is 48.4 Å². The van der Waals surface area contributed by atoms with Crippen LogP contribution in [0.2, 0.25) is 0 Å². The Balaban J connectivity index is 1.86. The van der Waals surface area contributed by atoms with Gasteiger partial charge in [-0.25, -0.2) is 17.5 Å². The Labute approximate surface area is 147 Å². The summed E-state index contributed by atoms with van der Waals surface area (Å²) in [5, 5.41) is 0.890. The number of aryl methyl sites for hydroxylation is 1. The number of H-pyrrole nitrogens is 1. The molecule has 0 saturated heterocycles. The number of nitrogens with one attached hydrogen (secondary N) is 2. The fraction of sp³-hybridized carbons (Fsp3) is 0.263. The third-order valence-corrected chi connectivity index (χ3v) is 5.78. The van der Waals surface area contributed by atoms with E-state index < -0.39 is 15.4 Å². The van der Waals surface area contributed by atoms with Crippen molar-refractivity contribution in [1.82, 2.24) is 9.71 Å². The van der Waals surface area contributed by atoms with Crippen LogP contribution in [0, 0.1) is 12.7 Å². The van der Waals surface area contributed by atoms with E-state index in [0.717, 1.165) is 16.5 Å². The number of aromatic amines is 1. The minimum absolute atomic E-state index is 0.230. The predicted octanol–water partition coefficient (Wildman–Crippen LogP) is 3.87. The smallest absolute Gasteiger partial charge is 0.240 e. The number of hydrogen-bond donors (Lipinski definition) is 2. The number of rotatable bonds is 5. The van der Waals surface area contributed by atoms with Gasteiger partial charge >= 0.3 is 0 Å². The van der Waals surface area contributed by atoms with Gasteiger partial charge in [0.2, 0.25) is 10.0 Å². The van der Waals surface area contributed by atoms with E-state index in [1.807, 2.05) is 33.0 Å². The van der Waals surface area contributed by atoms with Crippen LogP contribution in [0.1, 0.15) is 25.0 Å². The number of sulfonamides is 1. The summed E-state index contributed by atoms with van der Waals surface area (Å²) in [7, 11) is -3.59. The van der Waals surface area contributed by atoms with E-state index >= 15 is 0 Å². The summed E-state index contributed by atoms with van der Waals surface area (Å²) in [6, 6.07) is 11.4. The van der Waals surface area contributed by atoms with Gasteiger partial charge in [-0.15, -0.1) is 0 Å². The molecule has 2 N–H and O–H groups in total. The van der Waals surface area contributed by atoms with E-state index in [1.54, 1.807) is 24.3 Å². The maximum Gasteiger partial charge on any atom is 0.240 e. The van der Waals surface area contributed by atoms with Gasteiger partial charge in [-0.2, -0.15) is 0 Å². The van der Waals surface area contributed by atoms with Crippen molar-refractivity contribution in [3.8, 4) is 0 Å². The van der Waals surface area contributed by atoms with E-state index in [1.165, 1.54) is 12.1 Å². The molecule has 3 rings (SSSR count). The molecule has 0 aliphatic rings. The molecule has 0 aliphatic heterocycles. The molecular formula is C19H21FN2O2S. The first-order valence-electron chi connectivity index (χ1n) is 8.02. The number of benzene rings is 2. The second kappa shape index (κ2) is 6.28. The van der Waals surface area contributed by atoms with Crippen molar-refractivity contribution < 1.29 is 12.8 Å². The first-order chi connectivity index (χ1) is 11.7. The Morgan fingerprint density at radius 1 is 1.16 bits per heavy atom. The summed E-state index contributed by atoms with van der Waals surface area (Å²) in [6.07, 6.45) is 1.81. The van der Waals surface area contributed by atoms with Gasteiger partial charge in [0.05, 0.1) is 4.90 Å². The molecule has 0 bridgehead atoms. The molecule has 25 heavy (non-hydrogen) atoms. The Bertz CT molecular complexity index is 1020. The molecule has 3 aromatic rings. The number of hydrogen-bond acceptors (Lipinski definition) is 2. The Morgan fingerprint density at radius 2 is 1.92 bits per heavy atom. The fourth-order valence-corrected chi connectivity index (χ4v) is 4.21. The van der Waals surface area contributed by atoms with Crippen molar-refractivity contribution in [3.63, 3.8) is 0 Å². The van der Waals surface area contributed by atoms with Crippen LogP contribution in [0.15, 0.2) is 53.6 Å². The summed E-state index contributed by atoms with van der Waals surface area (Å²) in [5.41, 5.74) is 2.06. The largest absolute Gasteiger partial charge is 0.361 e. The summed E-state index contributed by atoms with van der Waals surface area (Å²) in [6.45, 7) is 6.00. The zero-order valence-electron chi connectivity index (χ0n) is 14.4. The second-order valence-corrected chi connectivity index (χ2v) is 8.68. The Morgan fingerprint density at radius 3 is 2.64 bits per heavy atom. The van der Waals surface area contributed by atoms with E-state index in [9.17, 15) is 12.8 Å². The van der Waals surface area contributed by atoms with Gasteiger partial charge in [0.25, 0.3) is 0 Å². The lowest BCUT2D eigenvalue weighted by Gasteiger charge is -2.25. The normalized spacial score (nSPS) is 12.6. The molecule has 132 valence electrons. The predicted molar refractivity (Wildman–Crippen MR) is 97.7 cm³/mol. The molecule has 1 aromatic heterocycles. The second-order valence-electron chi connectivity index (χ2n) is 6.92. The molecule has 0 fully saturated rings.